The van der Waals surface area contributed by atoms with Crippen molar-refractivity contribution in [3.8, 4) is 0 Å². The zero-order valence-electron chi connectivity index (χ0n) is 11.1. The van der Waals surface area contributed by atoms with E-state index in [-0.39, 0.29) is 18.1 Å². The lowest BCUT2D eigenvalue weighted by Crippen LogP contribution is -2.38. The molecule has 0 saturated heterocycles. The Labute approximate surface area is 111 Å². The molecule has 1 aromatic carbocycles. The van der Waals surface area contributed by atoms with Gasteiger partial charge in [-0.3, -0.25) is 9.59 Å². The molecule has 1 amide bonds. The van der Waals surface area contributed by atoms with Crippen molar-refractivity contribution in [2.24, 2.45) is 0 Å². The number of carboxylic acid groups (broad SMARTS) is 1. The van der Waals surface area contributed by atoms with Gasteiger partial charge >= 0.3 is 5.97 Å². The molecular formula is C14H18FNO3. The van der Waals surface area contributed by atoms with E-state index in [0.29, 0.717) is 18.4 Å². The van der Waals surface area contributed by atoms with Crippen molar-refractivity contribution < 1.29 is 19.1 Å². The van der Waals surface area contributed by atoms with Crippen molar-refractivity contribution in [2.75, 3.05) is 0 Å². The summed E-state index contributed by atoms with van der Waals surface area (Å²) in [5, 5.41) is 11.0. The first kappa shape index (κ1) is 15.1. The third kappa shape index (κ3) is 5.07. The second kappa shape index (κ2) is 6.87. The molecule has 104 valence electrons. The average molecular weight is 267 g/mol. The van der Waals surface area contributed by atoms with Gasteiger partial charge in [-0.1, -0.05) is 12.1 Å². The maximum absolute atomic E-state index is 13.0. The highest BCUT2D eigenvalue weighted by Crippen LogP contribution is 2.11. The second-order valence-corrected chi connectivity index (χ2v) is 4.56. The highest BCUT2D eigenvalue weighted by atomic mass is 19.1. The molecule has 0 aliphatic rings. The van der Waals surface area contributed by atoms with Crippen LogP contribution in [0.25, 0.3) is 0 Å². The van der Waals surface area contributed by atoms with Crippen LogP contribution in [0.4, 0.5) is 4.39 Å². The van der Waals surface area contributed by atoms with Gasteiger partial charge < -0.3 is 10.4 Å². The molecule has 19 heavy (non-hydrogen) atoms. The molecular weight excluding hydrogens is 249 g/mol. The number of benzene rings is 1. The van der Waals surface area contributed by atoms with Crippen LogP contribution in [0.5, 0.6) is 0 Å². The van der Waals surface area contributed by atoms with Gasteiger partial charge in [0.05, 0.1) is 0 Å². The Hall–Kier alpha value is -1.91. The zero-order valence-corrected chi connectivity index (χ0v) is 11.1. The molecule has 0 aliphatic carbocycles. The molecule has 0 fully saturated rings. The van der Waals surface area contributed by atoms with Crippen LogP contribution < -0.4 is 5.32 Å². The summed E-state index contributed by atoms with van der Waals surface area (Å²) in [5.74, 6) is -1.58. The molecule has 5 heteroatoms. The predicted molar refractivity (Wildman–Crippen MR) is 69.3 cm³/mol. The minimum atomic E-state index is -1.05. The molecule has 0 spiro atoms. The van der Waals surface area contributed by atoms with E-state index in [1.54, 1.807) is 19.1 Å². The van der Waals surface area contributed by atoms with Gasteiger partial charge in [0.15, 0.2) is 0 Å². The van der Waals surface area contributed by atoms with E-state index in [1.165, 1.54) is 13.0 Å². The molecule has 0 saturated carbocycles. The normalized spacial score (nSPS) is 11.9. The minimum absolute atomic E-state index is 0.239. The summed E-state index contributed by atoms with van der Waals surface area (Å²) < 4.78 is 13.0. The molecule has 0 aromatic heterocycles. The van der Waals surface area contributed by atoms with Crippen LogP contribution in [0.1, 0.15) is 30.9 Å². The highest BCUT2D eigenvalue weighted by molar-refractivity contribution is 5.83. The molecule has 0 aliphatic heterocycles. The standard InChI is InChI=1S/C14H18FNO3/c1-9-8-11(6-7-12(9)15)4-3-5-13(17)16-10(2)14(18)19/h6-8,10H,3-5H2,1-2H3,(H,16,17)(H,18,19). The first-order valence-corrected chi connectivity index (χ1v) is 6.17. The summed E-state index contributed by atoms with van der Waals surface area (Å²) in [6, 6.07) is 3.99. The van der Waals surface area contributed by atoms with E-state index in [0.717, 1.165) is 5.56 Å². The summed E-state index contributed by atoms with van der Waals surface area (Å²) in [7, 11) is 0. The number of carbonyl (C=O) groups is 2. The average Bonchev–Trinajstić information content (AvgIpc) is 2.33. The number of hydrogen-bond acceptors (Lipinski definition) is 2. The van der Waals surface area contributed by atoms with Gasteiger partial charge in [-0.2, -0.15) is 0 Å². The van der Waals surface area contributed by atoms with Crippen molar-refractivity contribution >= 4 is 11.9 Å². The molecule has 4 nitrogen and oxygen atoms in total. The van der Waals surface area contributed by atoms with E-state index in [9.17, 15) is 14.0 Å². The summed E-state index contributed by atoms with van der Waals surface area (Å²) in [6.07, 6.45) is 1.52. The zero-order chi connectivity index (χ0) is 14.4. The van der Waals surface area contributed by atoms with Crippen LogP contribution in [0, 0.1) is 12.7 Å². The number of rotatable bonds is 6. The number of carbonyl (C=O) groups excluding carboxylic acids is 1. The smallest absolute Gasteiger partial charge is 0.325 e. The summed E-state index contributed by atoms with van der Waals surface area (Å²) in [6.45, 7) is 3.11. The first-order chi connectivity index (χ1) is 8.90. The SMILES string of the molecule is Cc1cc(CCCC(=O)NC(C)C(=O)O)ccc1F. The fourth-order valence-electron chi connectivity index (χ4n) is 1.69. The Bertz CT molecular complexity index is 474. The Balaban J connectivity index is 2.35. The monoisotopic (exact) mass is 267 g/mol. The van der Waals surface area contributed by atoms with Crippen molar-refractivity contribution in [1.82, 2.24) is 5.32 Å². The highest BCUT2D eigenvalue weighted by Gasteiger charge is 2.13. The molecule has 0 heterocycles. The Morgan fingerprint density at radius 3 is 2.68 bits per heavy atom. The number of aliphatic carboxylic acids is 1. The number of nitrogens with one attached hydrogen (secondary N) is 1. The Morgan fingerprint density at radius 1 is 1.42 bits per heavy atom. The van der Waals surface area contributed by atoms with Crippen LogP contribution >= 0.6 is 0 Å². The fraction of sp³-hybridized carbons (Fsp3) is 0.429. The van der Waals surface area contributed by atoms with Crippen molar-refractivity contribution in [3.63, 3.8) is 0 Å². The van der Waals surface area contributed by atoms with Gasteiger partial charge in [0.2, 0.25) is 5.91 Å². The predicted octanol–water partition coefficient (Wildman–Crippen LogP) is 2.05. The van der Waals surface area contributed by atoms with Crippen LogP contribution in [0.15, 0.2) is 18.2 Å². The maximum atomic E-state index is 13.0. The topological polar surface area (TPSA) is 66.4 Å². The van der Waals surface area contributed by atoms with E-state index in [2.05, 4.69) is 5.32 Å². The molecule has 1 unspecified atom stereocenters. The van der Waals surface area contributed by atoms with Crippen LogP contribution in [0.2, 0.25) is 0 Å². The number of carboxylic acids is 1. The largest absolute Gasteiger partial charge is 0.480 e. The quantitative estimate of drug-likeness (QED) is 0.829. The Morgan fingerprint density at radius 2 is 2.11 bits per heavy atom. The molecule has 1 aromatic rings. The summed E-state index contributed by atoms with van der Waals surface area (Å²) >= 11 is 0. The first-order valence-electron chi connectivity index (χ1n) is 6.17. The van der Waals surface area contributed by atoms with E-state index in [1.807, 2.05) is 0 Å². The van der Waals surface area contributed by atoms with Crippen molar-refractivity contribution in [1.29, 1.82) is 0 Å². The third-order valence-corrected chi connectivity index (χ3v) is 2.84. The van der Waals surface area contributed by atoms with Gasteiger partial charge in [0, 0.05) is 6.42 Å². The van der Waals surface area contributed by atoms with Crippen LogP contribution in [-0.2, 0) is 16.0 Å². The van der Waals surface area contributed by atoms with Crippen LogP contribution in [0.3, 0.4) is 0 Å². The summed E-state index contributed by atoms with van der Waals surface area (Å²) in [4.78, 5) is 22.0. The minimum Gasteiger partial charge on any atom is -0.480 e. The number of aryl methyl sites for hydroxylation is 2. The summed E-state index contributed by atoms with van der Waals surface area (Å²) in [5.41, 5.74) is 1.56. The van der Waals surface area contributed by atoms with Crippen molar-refractivity contribution in [3.05, 3.63) is 35.1 Å². The van der Waals surface area contributed by atoms with E-state index in [4.69, 9.17) is 5.11 Å². The second-order valence-electron chi connectivity index (χ2n) is 4.56. The van der Waals surface area contributed by atoms with Gasteiger partial charge in [-0.05, 0) is 43.9 Å². The van der Waals surface area contributed by atoms with E-state index >= 15 is 0 Å². The van der Waals surface area contributed by atoms with Gasteiger partial charge in [0.25, 0.3) is 0 Å². The van der Waals surface area contributed by atoms with Gasteiger partial charge in [-0.15, -0.1) is 0 Å². The lowest BCUT2D eigenvalue weighted by atomic mass is 10.1. The Kier molecular flexibility index (Phi) is 5.48. The van der Waals surface area contributed by atoms with E-state index < -0.39 is 12.0 Å². The molecule has 0 bridgehead atoms. The van der Waals surface area contributed by atoms with Crippen LogP contribution in [-0.4, -0.2) is 23.0 Å². The third-order valence-electron chi connectivity index (χ3n) is 2.84. The lowest BCUT2D eigenvalue weighted by molar-refractivity contribution is -0.141. The molecule has 1 atom stereocenters. The molecule has 0 radical (unpaired) electrons. The maximum Gasteiger partial charge on any atom is 0.325 e. The fourth-order valence-corrected chi connectivity index (χ4v) is 1.69. The van der Waals surface area contributed by atoms with Gasteiger partial charge in [0.1, 0.15) is 11.9 Å². The van der Waals surface area contributed by atoms with Gasteiger partial charge in [-0.25, -0.2) is 4.39 Å². The number of hydrogen-bond donors (Lipinski definition) is 2. The molecule has 2 N–H and O–H groups in total. The number of halogens is 1. The van der Waals surface area contributed by atoms with Crippen molar-refractivity contribution in [2.45, 2.75) is 39.2 Å². The molecule has 1 rings (SSSR count). The lowest BCUT2D eigenvalue weighted by Gasteiger charge is -2.09. The number of amides is 1.